The summed E-state index contributed by atoms with van der Waals surface area (Å²) < 4.78 is 6.63. The Morgan fingerprint density at radius 2 is 2.10 bits per heavy atom. The summed E-state index contributed by atoms with van der Waals surface area (Å²) in [6, 6.07) is 7.58. The van der Waals surface area contributed by atoms with Crippen LogP contribution in [0.3, 0.4) is 0 Å². The second-order valence-corrected chi connectivity index (χ2v) is 4.50. The van der Waals surface area contributed by atoms with Gasteiger partial charge in [0.1, 0.15) is 18.0 Å². The van der Waals surface area contributed by atoms with Crippen molar-refractivity contribution in [1.29, 1.82) is 0 Å². The first-order valence-electron chi connectivity index (χ1n) is 6.53. The van der Waals surface area contributed by atoms with Crippen molar-refractivity contribution in [3.63, 3.8) is 0 Å². The number of carbonyl (C=O) groups excluding carboxylic acids is 1. The number of aromatic nitrogens is 3. The third kappa shape index (κ3) is 3.57. The van der Waals surface area contributed by atoms with E-state index in [1.54, 1.807) is 14.2 Å². The van der Waals surface area contributed by atoms with Gasteiger partial charge in [0.2, 0.25) is 5.91 Å². The third-order valence-corrected chi connectivity index (χ3v) is 3.17. The molecule has 2 rings (SSSR count). The lowest BCUT2D eigenvalue weighted by atomic mass is 10.1. The molecular weight excluding hydrogens is 272 g/mol. The van der Waals surface area contributed by atoms with Crippen LogP contribution in [-0.4, -0.2) is 40.2 Å². The topological polar surface area (TPSA) is 89.3 Å². The summed E-state index contributed by atoms with van der Waals surface area (Å²) >= 11 is 0. The van der Waals surface area contributed by atoms with E-state index >= 15 is 0 Å². The Hall–Kier alpha value is -2.41. The van der Waals surface area contributed by atoms with Crippen molar-refractivity contribution in [2.75, 3.05) is 14.2 Å². The summed E-state index contributed by atoms with van der Waals surface area (Å²) in [5.74, 6) is 0.610. The van der Waals surface area contributed by atoms with E-state index < -0.39 is 0 Å². The smallest absolute Gasteiger partial charge is 0.241 e. The van der Waals surface area contributed by atoms with Crippen molar-refractivity contribution in [2.24, 2.45) is 0 Å². The molecule has 0 radical (unpaired) electrons. The number of aliphatic hydroxyl groups is 1. The summed E-state index contributed by atoms with van der Waals surface area (Å²) in [7, 11) is 3.18. The van der Waals surface area contributed by atoms with Gasteiger partial charge in [-0.25, -0.2) is 4.68 Å². The van der Waals surface area contributed by atoms with Gasteiger partial charge in [0, 0.05) is 13.5 Å². The molecule has 0 fully saturated rings. The van der Waals surface area contributed by atoms with Crippen LogP contribution in [0.5, 0.6) is 5.75 Å². The number of ether oxygens (including phenoxy) is 1. The molecule has 0 aliphatic heterocycles. The standard InChI is InChI=1S/C14H18N4O3/c1-15-14(20)8-18-13(12(9-19)16-17-18)7-10-3-5-11(21-2)6-4-10/h3-6,19H,7-9H2,1-2H3,(H,15,20). The van der Waals surface area contributed by atoms with Crippen molar-refractivity contribution < 1.29 is 14.6 Å². The maximum atomic E-state index is 11.5. The Bertz CT molecular complexity index is 607. The molecule has 0 aliphatic rings. The van der Waals surface area contributed by atoms with Crippen LogP contribution in [0.25, 0.3) is 0 Å². The molecule has 0 saturated heterocycles. The number of hydrogen-bond donors (Lipinski definition) is 2. The minimum absolute atomic E-state index is 0.0784. The molecule has 0 spiro atoms. The van der Waals surface area contributed by atoms with E-state index in [4.69, 9.17) is 4.74 Å². The number of carbonyl (C=O) groups is 1. The molecule has 2 N–H and O–H groups in total. The highest BCUT2D eigenvalue weighted by Gasteiger charge is 2.14. The van der Waals surface area contributed by atoms with Crippen molar-refractivity contribution >= 4 is 5.91 Å². The minimum atomic E-state index is -0.209. The second-order valence-electron chi connectivity index (χ2n) is 4.50. The van der Waals surface area contributed by atoms with Crippen LogP contribution in [-0.2, 0) is 24.4 Å². The number of nitrogens with zero attached hydrogens (tertiary/aromatic N) is 3. The van der Waals surface area contributed by atoms with Crippen LogP contribution in [0.1, 0.15) is 17.0 Å². The van der Waals surface area contributed by atoms with E-state index in [9.17, 15) is 9.90 Å². The van der Waals surface area contributed by atoms with Gasteiger partial charge in [0.05, 0.1) is 19.4 Å². The number of likely N-dealkylation sites (N-methyl/N-ethyl adjacent to an activating group) is 1. The SMILES string of the molecule is CNC(=O)Cn1nnc(CO)c1Cc1ccc(OC)cc1. The van der Waals surface area contributed by atoms with Crippen LogP contribution < -0.4 is 10.1 Å². The summed E-state index contributed by atoms with van der Waals surface area (Å²) in [4.78, 5) is 11.5. The molecule has 0 unspecified atom stereocenters. The van der Waals surface area contributed by atoms with Crippen LogP contribution in [0, 0.1) is 0 Å². The number of rotatable bonds is 6. The van der Waals surface area contributed by atoms with Gasteiger partial charge in [-0.1, -0.05) is 17.3 Å². The van der Waals surface area contributed by atoms with Crippen LogP contribution in [0.15, 0.2) is 24.3 Å². The second kappa shape index (κ2) is 6.85. The molecule has 112 valence electrons. The van der Waals surface area contributed by atoms with Gasteiger partial charge in [-0.2, -0.15) is 0 Å². The largest absolute Gasteiger partial charge is 0.497 e. The number of methoxy groups -OCH3 is 1. The van der Waals surface area contributed by atoms with Gasteiger partial charge in [-0.15, -0.1) is 5.10 Å². The van der Waals surface area contributed by atoms with Gasteiger partial charge >= 0.3 is 0 Å². The Morgan fingerprint density at radius 3 is 2.67 bits per heavy atom. The number of benzene rings is 1. The molecule has 1 amide bonds. The van der Waals surface area contributed by atoms with Gasteiger partial charge < -0.3 is 15.2 Å². The maximum absolute atomic E-state index is 11.5. The molecule has 0 bridgehead atoms. The zero-order chi connectivity index (χ0) is 15.2. The fraction of sp³-hybridized carbons (Fsp3) is 0.357. The van der Waals surface area contributed by atoms with Crippen molar-refractivity contribution in [3.05, 3.63) is 41.2 Å². The Balaban J connectivity index is 2.23. The molecule has 1 heterocycles. The number of aliphatic hydroxyl groups excluding tert-OH is 1. The average molecular weight is 290 g/mol. The normalized spacial score (nSPS) is 10.4. The molecule has 7 nitrogen and oxygen atoms in total. The highest BCUT2D eigenvalue weighted by atomic mass is 16.5. The summed E-state index contributed by atoms with van der Waals surface area (Å²) in [5.41, 5.74) is 2.23. The van der Waals surface area contributed by atoms with Crippen LogP contribution in [0.2, 0.25) is 0 Å². The van der Waals surface area contributed by atoms with Crippen LogP contribution in [0.4, 0.5) is 0 Å². The molecule has 21 heavy (non-hydrogen) atoms. The minimum Gasteiger partial charge on any atom is -0.497 e. The van der Waals surface area contributed by atoms with E-state index in [1.165, 1.54) is 4.68 Å². The Labute approximate surface area is 122 Å². The van der Waals surface area contributed by atoms with Crippen LogP contribution >= 0.6 is 0 Å². The third-order valence-electron chi connectivity index (χ3n) is 3.17. The molecule has 1 aromatic heterocycles. The number of nitrogens with one attached hydrogen (secondary N) is 1. The average Bonchev–Trinajstić information content (AvgIpc) is 2.89. The molecule has 0 aliphatic carbocycles. The quantitative estimate of drug-likeness (QED) is 0.788. The van der Waals surface area contributed by atoms with Crippen molar-refractivity contribution in [1.82, 2.24) is 20.3 Å². The van der Waals surface area contributed by atoms with Crippen molar-refractivity contribution in [3.8, 4) is 5.75 Å². The molecule has 1 aromatic carbocycles. The molecule has 2 aromatic rings. The summed E-state index contributed by atoms with van der Waals surface area (Å²) in [5, 5.41) is 19.7. The zero-order valence-electron chi connectivity index (χ0n) is 12.0. The van der Waals surface area contributed by atoms with Gasteiger partial charge in [-0.3, -0.25) is 4.79 Å². The predicted molar refractivity (Wildman–Crippen MR) is 75.8 cm³/mol. The fourth-order valence-electron chi connectivity index (χ4n) is 1.96. The molecule has 0 atom stereocenters. The number of amides is 1. The van der Waals surface area contributed by atoms with Gasteiger partial charge in [-0.05, 0) is 17.7 Å². The lowest BCUT2D eigenvalue weighted by Crippen LogP contribution is -2.25. The lowest BCUT2D eigenvalue weighted by Gasteiger charge is -2.08. The predicted octanol–water partition coefficient (Wildman–Crippen LogP) is 0.116. The molecule has 7 heteroatoms. The van der Waals surface area contributed by atoms with Gasteiger partial charge in [0.15, 0.2) is 0 Å². The Kier molecular flexibility index (Phi) is 4.89. The van der Waals surface area contributed by atoms with E-state index in [-0.39, 0.29) is 19.1 Å². The van der Waals surface area contributed by atoms with E-state index in [1.807, 2.05) is 24.3 Å². The molecule has 0 saturated carbocycles. The first-order valence-corrected chi connectivity index (χ1v) is 6.53. The van der Waals surface area contributed by atoms with Gasteiger partial charge in [0.25, 0.3) is 0 Å². The van der Waals surface area contributed by atoms with E-state index in [0.29, 0.717) is 12.1 Å². The Morgan fingerprint density at radius 1 is 1.38 bits per heavy atom. The monoisotopic (exact) mass is 290 g/mol. The first kappa shape index (κ1) is 15.0. The van der Waals surface area contributed by atoms with E-state index in [2.05, 4.69) is 15.6 Å². The van der Waals surface area contributed by atoms with Crippen molar-refractivity contribution in [2.45, 2.75) is 19.6 Å². The maximum Gasteiger partial charge on any atom is 0.241 e. The summed E-state index contributed by atoms with van der Waals surface area (Å²) in [6.07, 6.45) is 0.532. The highest BCUT2D eigenvalue weighted by molar-refractivity contribution is 5.75. The fourth-order valence-corrected chi connectivity index (χ4v) is 1.96. The molecular formula is C14H18N4O3. The number of hydrogen-bond acceptors (Lipinski definition) is 5. The highest BCUT2D eigenvalue weighted by Crippen LogP contribution is 2.16. The first-order chi connectivity index (χ1) is 10.2. The zero-order valence-corrected chi connectivity index (χ0v) is 12.0. The van der Waals surface area contributed by atoms with E-state index in [0.717, 1.165) is 17.0 Å². The summed E-state index contributed by atoms with van der Waals surface area (Å²) in [6.45, 7) is -0.131. The lowest BCUT2D eigenvalue weighted by molar-refractivity contribution is -0.121.